The molecule has 0 aromatic heterocycles. The fourth-order valence-electron chi connectivity index (χ4n) is 1.14. The van der Waals surface area contributed by atoms with Crippen LogP contribution in [0.4, 0.5) is 0 Å². The van der Waals surface area contributed by atoms with Gasteiger partial charge in [-0.15, -0.1) is 0 Å². The monoisotopic (exact) mass is 288 g/mol. The van der Waals surface area contributed by atoms with Gasteiger partial charge in [-0.25, -0.2) is 0 Å². The molecule has 0 heterocycles. The van der Waals surface area contributed by atoms with Crippen LogP contribution in [0.2, 0.25) is 0 Å². The average Bonchev–Trinajstić information content (AvgIpc) is 2.33. The minimum absolute atomic E-state index is 0.854. The van der Waals surface area contributed by atoms with Crippen LogP contribution in [0.25, 0.3) is 0 Å². The molecule has 108 valence electrons. The molecule has 0 aliphatic heterocycles. The zero-order valence-electron chi connectivity index (χ0n) is 9.51. The van der Waals surface area contributed by atoms with E-state index in [0.29, 0.717) is 0 Å². The van der Waals surface area contributed by atoms with Crippen LogP contribution in [-0.2, 0) is 4.79 Å². The molecule has 0 spiro atoms. The van der Waals surface area contributed by atoms with Crippen molar-refractivity contribution in [2.24, 2.45) is 0 Å². The van der Waals surface area contributed by atoms with Gasteiger partial charge in [-0.1, -0.05) is 11.6 Å². The molecule has 0 amide bonds. The number of halogens is 1. The van der Waals surface area contributed by atoms with Gasteiger partial charge < -0.3 is 35.7 Å². The highest BCUT2D eigenvalue weighted by molar-refractivity contribution is 6.20. The van der Waals surface area contributed by atoms with Crippen LogP contribution in [0.1, 0.15) is 6.92 Å². The normalized spacial score (nSPS) is 23.6. The van der Waals surface area contributed by atoms with E-state index in [0.717, 1.165) is 6.92 Å². The van der Waals surface area contributed by atoms with Crippen LogP contribution in [0, 0.1) is 0 Å². The molecule has 0 rings (SSSR count). The zero-order chi connectivity index (χ0) is 14.7. The Hall–Kier alpha value is -0.320. The molecule has 7 N–H and O–H groups in total. The van der Waals surface area contributed by atoms with E-state index in [1.54, 1.807) is 0 Å². The third kappa shape index (κ3) is 3.84. The minimum atomic E-state index is -2.44. The maximum Gasteiger partial charge on any atom is 0.195 e. The maximum atomic E-state index is 11.5. The summed E-state index contributed by atoms with van der Waals surface area (Å²) in [5, 5.41) is 64.1. The van der Waals surface area contributed by atoms with Crippen LogP contribution >= 0.6 is 11.6 Å². The molecule has 0 aromatic carbocycles. The summed E-state index contributed by atoms with van der Waals surface area (Å²) in [7, 11) is 0. The SMILES string of the molecule is C[C@](O)(C(O)CO)C(O)C(=O)C(O)C(O)C(O)Cl. The van der Waals surface area contributed by atoms with E-state index in [1.807, 2.05) is 0 Å². The number of hydrogen-bond donors (Lipinski definition) is 7. The highest BCUT2D eigenvalue weighted by atomic mass is 35.5. The van der Waals surface area contributed by atoms with Gasteiger partial charge in [0.15, 0.2) is 11.3 Å². The van der Waals surface area contributed by atoms with Crippen molar-refractivity contribution in [3.63, 3.8) is 0 Å². The Kier molecular flexibility index (Phi) is 6.61. The van der Waals surface area contributed by atoms with Crippen LogP contribution in [0.5, 0.6) is 0 Å². The van der Waals surface area contributed by atoms with Gasteiger partial charge in [-0.05, 0) is 6.92 Å². The van der Waals surface area contributed by atoms with Crippen LogP contribution < -0.4 is 0 Å². The van der Waals surface area contributed by atoms with Crippen molar-refractivity contribution in [3.05, 3.63) is 0 Å². The molecule has 18 heavy (non-hydrogen) atoms. The van der Waals surface area contributed by atoms with Crippen molar-refractivity contribution in [2.45, 2.75) is 42.5 Å². The standard InChI is InChI=1S/C9H17ClO8/c1-9(18,3(12)2-11)7(16)5(14)4(13)6(15)8(10)17/h3-4,6-8,11-13,15-18H,2H2,1H3/t3?,4?,6?,7?,8?,9-/m0/s1. The number of hydrogen-bond acceptors (Lipinski definition) is 8. The van der Waals surface area contributed by atoms with Gasteiger partial charge in [0.05, 0.1) is 6.61 Å². The predicted molar refractivity (Wildman–Crippen MR) is 58.6 cm³/mol. The molecule has 9 heteroatoms. The van der Waals surface area contributed by atoms with E-state index in [4.69, 9.17) is 26.9 Å². The van der Waals surface area contributed by atoms with Gasteiger partial charge in [0.2, 0.25) is 0 Å². The number of carbonyl (C=O) groups excluding carboxylic acids is 1. The summed E-state index contributed by atoms with van der Waals surface area (Å²) in [6.45, 7) is -0.0825. The molecule has 0 radical (unpaired) electrons. The van der Waals surface area contributed by atoms with E-state index in [1.165, 1.54) is 0 Å². The number of rotatable bonds is 7. The van der Waals surface area contributed by atoms with E-state index in [9.17, 15) is 25.2 Å². The van der Waals surface area contributed by atoms with Gasteiger partial charge in [-0.2, -0.15) is 0 Å². The molecule has 0 aromatic rings. The number of alkyl halides is 1. The smallest absolute Gasteiger partial charge is 0.195 e. The Morgan fingerprint density at radius 2 is 1.67 bits per heavy atom. The predicted octanol–water partition coefficient (Wildman–Crippen LogP) is -3.70. The molecule has 6 atom stereocenters. The first-order chi connectivity index (χ1) is 8.07. The highest BCUT2D eigenvalue weighted by Crippen LogP contribution is 2.19. The van der Waals surface area contributed by atoms with Crippen molar-refractivity contribution < 1.29 is 40.5 Å². The molecule has 0 saturated heterocycles. The van der Waals surface area contributed by atoms with Crippen LogP contribution in [0.3, 0.4) is 0 Å². The van der Waals surface area contributed by atoms with Crippen molar-refractivity contribution in [2.75, 3.05) is 6.61 Å². The Labute approximate surface area is 108 Å². The quantitative estimate of drug-likeness (QED) is 0.236. The van der Waals surface area contributed by atoms with Crippen molar-refractivity contribution in [1.82, 2.24) is 0 Å². The lowest BCUT2D eigenvalue weighted by Gasteiger charge is -2.33. The third-order valence-electron chi connectivity index (χ3n) is 2.57. The van der Waals surface area contributed by atoms with Crippen molar-refractivity contribution in [1.29, 1.82) is 0 Å². The lowest BCUT2D eigenvalue weighted by Crippen LogP contribution is -2.58. The van der Waals surface area contributed by atoms with Gasteiger partial charge in [0, 0.05) is 0 Å². The first kappa shape index (κ1) is 17.7. The molecule has 0 aliphatic rings. The molecule has 0 aliphatic carbocycles. The summed E-state index contributed by atoms with van der Waals surface area (Å²) in [6.07, 6.45) is -8.47. The summed E-state index contributed by atoms with van der Waals surface area (Å²) < 4.78 is 0. The lowest BCUT2D eigenvalue weighted by atomic mass is 9.87. The lowest BCUT2D eigenvalue weighted by molar-refractivity contribution is -0.175. The fourth-order valence-corrected chi connectivity index (χ4v) is 1.27. The molecule has 0 fully saturated rings. The fraction of sp³-hybridized carbons (Fsp3) is 0.889. The van der Waals surface area contributed by atoms with E-state index in [-0.39, 0.29) is 0 Å². The number of aliphatic hydroxyl groups is 7. The summed E-state index contributed by atoms with van der Waals surface area (Å²) in [5.74, 6) is -1.46. The molecule has 0 saturated carbocycles. The molecule has 5 unspecified atom stereocenters. The maximum absolute atomic E-state index is 11.5. The second-order valence-corrected chi connectivity index (χ2v) is 4.48. The van der Waals surface area contributed by atoms with E-state index >= 15 is 0 Å². The first-order valence-corrected chi connectivity index (χ1v) is 5.42. The Morgan fingerprint density at radius 3 is 2.00 bits per heavy atom. The van der Waals surface area contributed by atoms with Crippen LogP contribution in [-0.4, -0.2) is 83.7 Å². The molecule has 8 nitrogen and oxygen atoms in total. The summed E-state index contributed by atoms with van der Waals surface area (Å²) in [4.78, 5) is 11.5. The summed E-state index contributed by atoms with van der Waals surface area (Å²) in [6, 6.07) is 0. The zero-order valence-corrected chi connectivity index (χ0v) is 10.3. The molecular weight excluding hydrogens is 272 g/mol. The van der Waals surface area contributed by atoms with Crippen LogP contribution in [0.15, 0.2) is 0 Å². The largest absolute Gasteiger partial charge is 0.394 e. The third-order valence-corrected chi connectivity index (χ3v) is 2.83. The minimum Gasteiger partial charge on any atom is -0.394 e. The Morgan fingerprint density at radius 1 is 1.22 bits per heavy atom. The summed E-state index contributed by atoms with van der Waals surface area (Å²) in [5.41, 5.74) is -4.40. The Bertz CT molecular complexity index is 282. The van der Waals surface area contributed by atoms with Crippen molar-refractivity contribution in [3.8, 4) is 0 Å². The number of ketones is 1. The number of Topliss-reactive ketones (excluding diaryl/α,β-unsaturated/α-hetero) is 1. The molecule has 0 bridgehead atoms. The second kappa shape index (κ2) is 6.73. The number of carbonyl (C=O) groups is 1. The topological polar surface area (TPSA) is 159 Å². The van der Waals surface area contributed by atoms with Gasteiger partial charge in [0.25, 0.3) is 0 Å². The van der Waals surface area contributed by atoms with E-state index < -0.39 is 48.0 Å². The molecular formula is C9H17ClO8. The van der Waals surface area contributed by atoms with Gasteiger partial charge >= 0.3 is 0 Å². The summed E-state index contributed by atoms with van der Waals surface area (Å²) >= 11 is 5.04. The second-order valence-electron chi connectivity index (χ2n) is 4.04. The highest BCUT2D eigenvalue weighted by Gasteiger charge is 2.45. The Balaban J connectivity index is 4.89. The van der Waals surface area contributed by atoms with Crippen molar-refractivity contribution >= 4 is 17.4 Å². The van der Waals surface area contributed by atoms with Gasteiger partial charge in [-0.3, -0.25) is 4.79 Å². The average molecular weight is 289 g/mol. The van der Waals surface area contributed by atoms with E-state index in [2.05, 4.69) is 0 Å². The number of aliphatic hydroxyl groups excluding tert-OH is 6. The first-order valence-electron chi connectivity index (χ1n) is 4.98. The van der Waals surface area contributed by atoms with Gasteiger partial charge in [0.1, 0.15) is 30.0 Å².